The number of nitrogens with zero attached hydrogens (tertiary/aromatic N) is 2. The Morgan fingerprint density at radius 2 is 1.81 bits per heavy atom. The maximum atomic E-state index is 12.5. The van der Waals surface area contributed by atoms with Gasteiger partial charge in [-0.1, -0.05) is 0 Å². The summed E-state index contributed by atoms with van der Waals surface area (Å²) in [6.07, 6.45) is -3.73. The Hall–Kier alpha value is -1.74. The molecule has 1 aromatic rings. The van der Waals surface area contributed by atoms with Crippen LogP contribution < -0.4 is 4.74 Å². The van der Waals surface area contributed by atoms with Crippen LogP contribution >= 0.6 is 0 Å². The second kappa shape index (κ2) is 6.81. The minimum absolute atomic E-state index is 0.167. The highest BCUT2D eigenvalue weighted by Crippen LogP contribution is 2.33. The fourth-order valence-electron chi connectivity index (χ4n) is 2.40. The van der Waals surface area contributed by atoms with Crippen molar-refractivity contribution in [2.45, 2.75) is 19.0 Å². The summed E-state index contributed by atoms with van der Waals surface area (Å²) >= 11 is 0. The van der Waals surface area contributed by atoms with Gasteiger partial charge in [0.1, 0.15) is 12.4 Å². The Kier molecular flexibility index (Phi) is 5.07. The summed E-state index contributed by atoms with van der Waals surface area (Å²) in [6.45, 7) is 1.97. The third-order valence-corrected chi connectivity index (χ3v) is 3.71. The molecule has 0 radical (unpaired) electrons. The van der Waals surface area contributed by atoms with Gasteiger partial charge in [0, 0.05) is 6.54 Å². The molecule has 21 heavy (non-hydrogen) atoms. The van der Waals surface area contributed by atoms with Gasteiger partial charge < -0.3 is 4.74 Å². The van der Waals surface area contributed by atoms with E-state index in [0.717, 1.165) is 0 Å². The van der Waals surface area contributed by atoms with E-state index in [0.29, 0.717) is 37.6 Å². The second-order valence-corrected chi connectivity index (χ2v) is 5.14. The zero-order valence-corrected chi connectivity index (χ0v) is 11.6. The summed E-state index contributed by atoms with van der Waals surface area (Å²) in [5, 5.41) is 8.68. The zero-order valence-electron chi connectivity index (χ0n) is 11.6. The summed E-state index contributed by atoms with van der Waals surface area (Å²) in [6, 6.07) is 8.80. The molecule has 3 nitrogen and oxygen atoms in total. The first-order valence-corrected chi connectivity index (χ1v) is 6.91. The third-order valence-electron chi connectivity index (χ3n) is 3.71. The van der Waals surface area contributed by atoms with E-state index in [4.69, 9.17) is 10.00 Å². The molecule has 1 aromatic carbocycles. The molecule has 0 unspecified atom stereocenters. The molecule has 6 heteroatoms. The molecule has 0 saturated carbocycles. The van der Waals surface area contributed by atoms with Gasteiger partial charge in [-0.3, -0.25) is 4.90 Å². The lowest BCUT2D eigenvalue weighted by atomic mass is 9.96. The van der Waals surface area contributed by atoms with Crippen molar-refractivity contribution in [2.75, 3.05) is 26.2 Å². The minimum atomic E-state index is -4.06. The van der Waals surface area contributed by atoms with Gasteiger partial charge in [-0.25, -0.2) is 0 Å². The first kappa shape index (κ1) is 15.6. The van der Waals surface area contributed by atoms with Crippen LogP contribution in [-0.2, 0) is 0 Å². The van der Waals surface area contributed by atoms with Crippen LogP contribution in [0.5, 0.6) is 5.75 Å². The van der Waals surface area contributed by atoms with E-state index < -0.39 is 12.1 Å². The van der Waals surface area contributed by atoms with Crippen LogP contribution in [0, 0.1) is 17.2 Å². The molecule has 0 amide bonds. The average Bonchev–Trinajstić information content (AvgIpc) is 2.47. The predicted molar refractivity (Wildman–Crippen MR) is 71.9 cm³/mol. The number of hydrogen-bond donors (Lipinski definition) is 0. The van der Waals surface area contributed by atoms with Crippen molar-refractivity contribution in [3.05, 3.63) is 29.8 Å². The number of halogens is 3. The van der Waals surface area contributed by atoms with Crippen molar-refractivity contribution in [1.82, 2.24) is 4.90 Å². The molecule has 1 aliphatic rings. The molecule has 1 saturated heterocycles. The number of piperidine rings is 1. The van der Waals surface area contributed by atoms with E-state index in [1.807, 2.05) is 11.0 Å². The Balaban J connectivity index is 1.69. The summed E-state index contributed by atoms with van der Waals surface area (Å²) in [7, 11) is 0. The molecule has 1 fully saturated rings. The van der Waals surface area contributed by atoms with E-state index in [9.17, 15) is 13.2 Å². The van der Waals surface area contributed by atoms with Gasteiger partial charge in [0.15, 0.2) is 0 Å². The van der Waals surface area contributed by atoms with E-state index in [1.165, 1.54) is 0 Å². The van der Waals surface area contributed by atoms with Crippen LogP contribution in [0.4, 0.5) is 13.2 Å². The van der Waals surface area contributed by atoms with Crippen LogP contribution in [-0.4, -0.2) is 37.3 Å². The normalized spacial score (nSPS) is 17.4. The van der Waals surface area contributed by atoms with Crippen molar-refractivity contribution < 1.29 is 17.9 Å². The van der Waals surface area contributed by atoms with Gasteiger partial charge in [0.05, 0.1) is 17.6 Å². The lowest BCUT2D eigenvalue weighted by Gasteiger charge is -2.32. The minimum Gasteiger partial charge on any atom is -0.492 e. The topological polar surface area (TPSA) is 36.3 Å². The molecular formula is C15H17F3N2O. The number of rotatable bonds is 4. The van der Waals surface area contributed by atoms with E-state index >= 15 is 0 Å². The number of likely N-dealkylation sites (tertiary alicyclic amines) is 1. The number of ether oxygens (including phenoxy) is 1. The fraction of sp³-hybridized carbons (Fsp3) is 0.533. The zero-order chi connectivity index (χ0) is 15.3. The monoisotopic (exact) mass is 298 g/mol. The summed E-state index contributed by atoms with van der Waals surface area (Å²) < 4.78 is 43.1. The molecule has 1 heterocycles. The van der Waals surface area contributed by atoms with Crippen molar-refractivity contribution >= 4 is 0 Å². The van der Waals surface area contributed by atoms with Gasteiger partial charge in [-0.05, 0) is 50.2 Å². The van der Waals surface area contributed by atoms with Gasteiger partial charge in [0.2, 0.25) is 0 Å². The average molecular weight is 298 g/mol. The van der Waals surface area contributed by atoms with Gasteiger partial charge in [-0.15, -0.1) is 0 Å². The fourth-order valence-corrected chi connectivity index (χ4v) is 2.40. The third kappa shape index (κ3) is 4.64. The Morgan fingerprint density at radius 1 is 1.19 bits per heavy atom. The largest absolute Gasteiger partial charge is 0.492 e. The molecular weight excluding hydrogens is 281 g/mol. The van der Waals surface area contributed by atoms with Crippen molar-refractivity contribution in [3.63, 3.8) is 0 Å². The molecule has 0 bridgehead atoms. The number of nitriles is 1. The van der Waals surface area contributed by atoms with Gasteiger partial charge >= 0.3 is 6.18 Å². The first-order valence-electron chi connectivity index (χ1n) is 6.91. The SMILES string of the molecule is N#Cc1ccc(OCCN2CCC(C(F)(F)F)CC2)cc1. The van der Waals surface area contributed by atoms with E-state index in [2.05, 4.69) is 0 Å². The number of benzene rings is 1. The highest BCUT2D eigenvalue weighted by Gasteiger charge is 2.40. The van der Waals surface area contributed by atoms with E-state index in [1.54, 1.807) is 24.3 Å². The molecule has 1 aliphatic heterocycles. The smallest absolute Gasteiger partial charge is 0.391 e. The van der Waals surface area contributed by atoms with Crippen molar-refractivity contribution in [2.24, 2.45) is 5.92 Å². The molecule has 0 aliphatic carbocycles. The molecule has 0 spiro atoms. The summed E-state index contributed by atoms with van der Waals surface area (Å²) in [5.41, 5.74) is 0.566. The lowest BCUT2D eigenvalue weighted by Crippen LogP contribution is -2.40. The Bertz CT molecular complexity index is 485. The van der Waals surface area contributed by atoms with Crippen LogP contribution in [0.1, 0.15) is 18.4 Å². The lowest BCUT2D eigenvalue weighted by molar-refractivity contribution is -0.185. The van der Waals surface area contributed by atoms with E-state index in [-0.39, 0.29) is 12.8 Å². The highest BCUT2D eigenvalue weighted by molar-refractivity contribution is 5.34. The van der Waals surface area contributed by atoms with Crippen LogP contribution in [0.3, 0.4) is 0 Å². The second-order valence-electron chi connectivity index (χ2n) is 5.14. The molecule has 2 rings (SSSR count). The maximum absolute atomic E-state index is 12.5. The molecule has 114 valence electrons. The predicted octanol–water partition coefficient (Wildman–Crippen LogP) is 3.21. The Labute approximate surface area is 121 Å². The standard InChI is InChI=1S/C15H17F3N2O/c16-15(17,18)13-5-7-20(8-6-13)9-10-21-14-3-1-12(11-19)2-4-14/h1-4,13H,5-10H2. The first-order chi connectivity index (χ1) is 9.99. The quantitative estimate of drug-likeness (QED) is 0.856. The van der Waals surface area contributed by atoms with Gasteiger partial charge in [-0.2, -0.15) is 18.4 Å². The number of hydrogen-bond acceptors (Lipinski definition) is 3. The summed E-state index contributed by atoms with van der Waals surface area (Å²) in [5.74, 6) is -0.493. The number of alkyl halides is 3. The maximum Gasteiger partial charge on any atom is 0.391 e. The highest BCUT2D eigenvalue weighted by atomic mass is 19.4. The van der Waals surface area contributed by atoms with Crippen molar-refractivity contribution in [3.8, 4) is 11.8 Å². The van der Waals surface area contributed by atoms with Crippen LogP contribution in [0.25, 0.3) is 0 Å². The van der Waals surface area contributed by atoms with Gasteiger partial charge in [0.25, 0.3) is 0 Å². The Morgan fingerprint density at radius 3 is 2.33 bits per heavy atom. The van der Waals surface area contributed by atoms with Crippen molar-refractivity contribution in [1.29, 1.82) is 5.26 Å². The molecule has 0 aromatic heterocycles. The van der Waals surface area contributed by atoms with Crippen LogP contribution in [0.2, 0.25) is 0 Å². The summed E-state index contributed by atoms with van der Waals surface area (Å²) in [4.78, 5) is 1.99. The molecule has 0 atom stereocenters. The molecule has 0 N–H and O–H groups in total. The van der Waals surface area contributed by atoms with Crippen LogP contribution in [0.15, 0.2) is 24.3 Å².